The van der Waals surface area contributed by atoms with Crippen LogP contribution in [0.2, 0.25) is 0 Å². The fourth-order valence-corrected chi connectivity index (χ4v) is 5.01. The molecule has 1 amide bonds. The van der Waals surface area contributed by atoms with Crippen molar-refractivity contribution in [3.05, 3.63) is 35.2 Å². The van der Waals surface area contributed by atoms with Crippen LogP contribution in [0.3, 0.4) is 0 Å². The smallest absolute Gasteiger partial charge is 0.249 e. The summed E-state index contributed by atoms with van der Waals surface area (Å²) in [6.07, 6.45) is 5.50. The molecule has 1 unspecified atom stereocenters. The molecule has 28 heavy (non-hydrogen) atoms. The lowest BCUT2D eigenvalue weighted by Gasteiger charge is -2.40. The molecule has 2 heterocycles. The average molecular weight is 383 g/mol. The van der Waals surface area contributed by atoms with Crippen LogP contribution >= 0.6 is 0 Å². The summed E-state index contributed by atoms with van der Waals surface area (Å²) in [6, 6.07) is 5.91. The number of hydrogen-bond acceptors (Lipinski definition) is 5. The zero-order chi connectivity index (χ0) is 19.9. The second kappa shape index (κ2) is 7.33. The first-order valence-corrected chi connectivity index (χ1v) is 10.2. The third-order valence-corrected chi connectivity index (χ3v) is 6.34. The lowest BCUT2D eigenvalue weighted by molar-refractivity contribution is -0.125. The molecule has 0 spiro atoms. The van der Waals surface area contributed by atoms with E-state index in [4.69, 9.17) is 4.52 Å². The van der Waals surface area contributed by atoms with E-state index in [0.717, 1.165) is 59.5 Å². The molecule has 150 valence electrons. The van der Waals surface area contributed by atoms with Crippen molar-refractivity contribution in [2.75, 3.05) is 11.9 Å². The third-order valence-electron chi connectivity index (χ3n) is 6.34. The van der Waals surface area contributed by atoms with Gasteiger partial charge in [-0.3, -0.25) is 10.1 Å². The number of anilines is 1. The Morgan fingerprint density at radius 3 is 2.71 bits per heavy atom. The molecule has 2 aliphatic rings. The van der Waals surface area contributed by atoms with Gasteiger partial charge < -0.3 is 14.9 Å². The maximum Gasteiger partial charge on any atom is 0.249 e. The van der Waals surface area contributed by atoms with Gasteiger partial charge in [0, 0.05) is 22.9 Å². The van der Waals surface area contributed by atoms with Gasteiger partial charge in [-0.2, -0.15) is 0 Å². The lowest BCUT2D eigenvalue weighted by Crippen LogP contribution is -2.57. The normalized spacial score (nSPS) is 23.5. The number of nitrogens with one attached hydrogen (secondary N) is 2. The second-order valence-electron chi connectivity index (χ2n) is 8.28. The number of rotatable bonds is 5. The van der Waals surface area contributed by atoms with Gasteiger partial charge in [0.2, 0.25) is 5.91 Å². The number of amides is 1. The first-order chi connectivity index (χ1) is 13.5. The van der Waals surface area contributed by atoms with Crippen LogP contribution in [0, 0.1) is 19.8 Å². The van der Waals surface area contributed by atoms with E-state index in [0.29, 0.717) is 0 Å². The van der Waals surface area contributed by atoms with Crippen molar-refractivity contribution in [2.45, 2.75) is 64.5 Å². The van der Waals surface area contributed by atoms with Crippen LogP contribution in [0.15, 0.2) is 22.7 Å². The molecule has 1 saturated carbocycles. The summed E-state index contributed by atoms with van der Waals surface area (Å²) >= 11 is 0. The van der Waals surface area contributed by atoms with Crippen LogP contribution in [0.4, 0.5) is 5.69 Å². The highest BCUT2D eigenvalue weighted by molar-refractivity contribution is 6.06. The van der Waals surface area contributed by atoms with Crippen molar-refractivity contribution in [2.24, 2.45) is 5.92 Å². The van der Waals surface area contributed by atoms with E-state index in [1.54, 1.807) is 0 Å². The van der Waals surface area contributed by atoms with Crippen molar-refractivity contribution in [3.8, 4) is 11.1 Å². The fraction of sp³-hybridized carbons (Fsp3) is 0.545. The molecule has 0 saturated heterocycles. The summed E-state index contributed by atoms with van der Waals surface area (Å²) in [5, 5.41) is 20.4. The molecular formula is C22H29N3O3. The standard InChI is InChI=1S/C22H29N3O3/c1-13(12-26)24-22(17-7-5-4-6-8-17)18-11-16(9-10-19(18)23-21(22)27)20-14(2)25-28-15(20)3/h9-11,13,17,24,26H,4-8,12H2,1-3H3,(H,23,27)/t13-,22?/m0/s1. The summed E-state index contributed by atoms with van der Waals surface area (Å²) < 4.78 is 5.36. The zero-order valence-electron chi connectivity index (χ0n) is 16.8. The van der Waals surface area contributed by atoms with Crippen LogP contribution in [0.5, 0.6) is 0 Å². The lowest BCUT2D eigenvalue weighted by atomic mass is 9.70. The maximum atomic E-state index is 13.3. The van der Waals surface area contributed by atoms with E-state index >= 15 is 0 Å². The Hall–Kier alpha value is -2.18. The molecule has 3 N–H and O–H groups in total. The summed E-state index contributed by atoms with van der Waals surface area (Å²) in [5.74, 6) is 0.969. The first-order valence-electron chi connectivity index (χ1n) is 10.2. The number of nitrogens with zero attached hydrogens (tertiary/aromatic N) is 1. The quantitative estimate of drug-likeness (QED) is 0.733. The van der Waals surface area contributed by atoms with Crippen LogP contribution in [-0.4, -0.2) is 28.8 Å². The summed E-state index contributed by atoms with van der Waals surface area (Å²) in [7, 11) is 0. The monoisotopic (exact) mass is 383 g/mol. The molecule has 4 rings (SSSR count). The SMILES string of the molecule is Cc1noc(C)c1-c1ccc2c(c1)C(N[C@@H](C)CO)(C1CCCCC1)C(=O)N2. The van der Waals surface area contributed by atoms with Crippen LogP contribution in [-0.2, 0) is 10.3 Å². The van der Waals surface area contributed by atoms with Gasteiger partial charge in [-0.1, -0.05) is 30.5 Å². The highest BCUT2D eigenvalue weighted by Gasteiger charge is 2.52. The minimum Gasteiger partial charge on any atom is -0.395 e. The van der Waals surface area contributed by atoms with Crippen molar-refractivity contribution in [3.63, 3.8) is 0 Å². The molecule has 1 fully saturated rings. The molecule has 1 aliphatic heterocycles. The van der Waals surface area contributed by atoms with Gasteiger partial charge >= 0.3 is 0 Å². The predicted octanol–water partition coefficient (Wildman–Crippen LogP) is 3.66. The van der Waals surface area contributed by atoms with E-state index in [1.807, 2.05) is 32.9 Å². The highest BCUT2D eigenvalue weighted by atomic mass is 16.5. The topological polar surface area (TPSA) is 87.4 Å². The Morgan fingerprint density at radius 1 is 1.32 bits per heavy atom. The number of aliphatic hydroxyl groups excluding tert-OH is 1. The Morgan fingerprint density at radius 2 is 2.07 bits per heavy atom. The molecule has 2 aromatic rings. The van der Waals surface area contributed by atoms with Gasteiger partial charge in [0.25, 0.3) is 0 Å². The largest absolute Gasteiger partial charge is 0.395 e. The van der Waals surface area contributed by atoms with Crippen molar-refractivity contribution < 1.29 is 14.4 Å². The van der Waals surface area contributed by atoms with Crippen LogP contribution in [0.1, 0.15) is 56.0 Å². The summed E-state index contributed by atoms with van der Waals surface area (Å²) in [5.41, 5.74) is 3.84. The van der Waals surface area contributed by atoms with E-state index in [-0.39, 0.29) is 24.5 Å². The number of benzene rings is 1. The number of fused-ring (bicyclic) bond motifs is 1. The number of carbonyl (C=O) groups excluding carboxylic acids is 1. The van der Waals surface area contributed by atoms with Gasteiger partial charge in [-0.15, -0.1) is 0 Å². The molecule has 6 heteroatoms. The fourth-order valence-electron chi connectivity index (χ4n) is 5.01. The van der Waals surface area contributed by atoms with Crippen LogP contribution < -0.4 is 10.6 Å². The summed E-state index contributed by atoms with van der Waals surface area (Å²) in [6.45, 7) is 5.75. The maximum absolute atomic E-state index is 13.3. The minimum atomic E-state index is -0.813. The molecule has 0 bridgehead atoms. The van der Waals surface area contributed by atoms with E-state index in [1.165, 1.54) is 6.42 Å². The molecule has 2 atom stereocenters. The number of aromatic nitrogens is 1. The number of carbonyl (C=O) groups is 1. The van der Waals surface area contributed by atoms with E-state index in [2.05, 4.69) is 21.9 Å². The van der Waals surface area contributed by atoms with Crippen molar-refractivity contribution >= 4 is 11.6 Å². The molecule has 1 aromatic heterocycles. The molecule has 1 aromatic carbocycles. The zero-order valence-corrected chi connectivity index (χ0v) is 16.8. The molecule has 0 radical (unpaired) electrons. The Kier molecular flexibility index (Phi) is 5.02. The number of hydrogen-bond donors (Lipinski definition) is 3. The molecule has 6 nitrogen and oxygen atoms in total. The van der Waals surface area contributed by atoms with Gasteiger partial charge in [0.15, 0.2) is 0 Å². The minimum absolute atomic E-state index is 0.00869. The predicted molar refractivity (Wildman–Crippen MR) is 108 cm³/mol. The number of aryl methyl sites for hydroxylation is 2. The second-order valence-corrected chi connectivity index (χ2v) is 8.28. The van der Waals surface area contributed by atoms with Crippen molar-refractivity contribution in [1.29, 1.82) is 0 Å². The third kappa shape index (κ3) is 2.95. The van der Waals surface area contributed by atoms with Crippen LogP contribution in [0.25, 0.3) is 11.1 Å². The van der Waals surface area contributed by atoms with Gasteiger partial charge in [-0.25, -0.2) is 0 Å². The number of aliphatic hydroxyl groups is 1. The van der Waals surface area contributed by atoms with Gasteiger partial charge in [-0.05, 0) is 57.2 Å². The molecular weight excluding hydrogens is 354 g/mol. The van der Waals surface area contributed by atoms with Crippen molar-refractivity contribution in [1.82, 2.24) is 10.5 Å². The van der Waals surface area contributed by atoms with E-state index in [9.17, 15) is 9.90 Å². The van der Waals surface area contributed by atoms with Gasteiger partial charge in [0.1, 0.15) is 11.3 Å². The Bertz CT molecular complexity index is 866. The van der Waals surface area contributed by atoms with Gasteiger partial charge in [0.05, 0.1) is 12.3 Å². The van der Waals surface area contributed by atoms with E-state index < -0.39 is 5.54 Å². The Labute approximate surface area is 165 Å². The Balaban J connectivity index is 1.86. The highest BCUT2D eigenvalue weighted by Crippen LogP contribution is 2.48. The molecule has 1 aliphatic carbocycles. The average Bonchev–Trinajstić information content (AvgIpc) is 3.18. The summed E-state index contributed by atoms with van der Waals surface area (Å²) in [4.78, 5) is 13.3. The first kappa shape index (κ1) is 19.2.